The van der Waals surface area contributed by atoms with Crippen LogP contribution in [0.2, 0.25) is 0 Å². The van der Waals surface area contributed by atoms with Gasteiger partial charge in [-0.1, -0.05) is 53.6 Å². The molecular weight excluding hydrogens is 296 g/mol. The molecule has 1 amide bonds. The lowest BCUT2D eigenvalue weighted by Crippen LogP contribution is -2.41. The van der Waals surface area contributed by atoms with E-state index in [-0.39, 0.29) is 11.9 Å². The molecule has 24 heavy (non-hydrogen) atoms. The van der Waals surface area contributed by atoms with Crippen LogP contribution in [0.4, 0.5) is 0 Å². The van der Waals surface area contributed by atoms with Gasteiger partial charge in [0.2, 0.25) is 5.91 Å². The van der Waals surface area contributed by atoms with Crippen LogP contribution in [0.5, 0.6) is 0 Å². The smallest absolute Gasteiger partial charge is 0.237 e. The Balaban J connectivity index is 1.74. The van der Waals surface area contributed by atoms with Crippen molar-refractivity contribution >= 4 is 5.91 Å². The third kappa shape index (κ3) is 3.68. The van der Waals surface area contributed by atoms with Crippen LogP contribution >= 0.6 is 0 Å². The number of amides is 1. The van der Waals surface area contributed by atoms with Crippen molar-refractivity contribution in [3.05, 3.63) is 59.2 Å². The van der Waals surface area contributed by atoms with Gasteiger partial charge in [0.05, 0.1) is 6.04 Å². The Hall–Kier alpha value is -2.13. The maximum absolute atomic E-state index is 12.0. The number of hydrogen-bond donors (Lipinski definition) is 1. The second-order valence-corrected chi connectivity index (χ2v) is 6.82. The number of nitrogens with one attached hydrogen (secondary N) is 1. The second kappa shape index (κ2) is 7.18. The van der Waals surface area contributed by atoms with Gasteiger partial charge < -0.3 is 5.32 Å². The third-order valence-corrected chi connectivity index (χ3v) is 4.81. The van der Waals surface area contributed by atoms with Crippen molar-refractivity contribution in [3.8, 4) is 11.1 Å². The molecule has 2 aromatic rings. The average molecular weight is 322 g/mol. The van der Waals surface area contributed by atoms with Crippen molar-refractivity contribution in [1.29, 1.82) is 0 Å². The lowest BCUT2D eigenvalue weighted by molar-refractivity contribution is -0.125. The largest absolute Gasteiger partial charge is 0.358 e. The maximum atomic E-state index is 12.0. The number of likely N-dealkylation sites (N-methyl/N-ethyl adjacent to an activating group) is 1. The summed E-state index contributed by atoms with van der Waals surface area (Å²) in [5, 5.41) is 2.78. The van der Waals surface area contributed by atoms with Crippen LogP contribution in [0.25, 0.3) is 11.1 Å². The molecule has 0 aromatic heterocycles. The molecule has 1 aliphatic rings. The van der Waals surface area contributed by atoms with Gasteiger partial charge in [-0.05, 0) is 49.9 Å². The normalized spacial score (nSPS) is 17.9. The van der Waals surface area contributed by atoms with Crippen molar-refractivity contribution in [2.24, 2.45) is 0 Å². The molecule has 0 radical (unpaired) electrons. The summed E-state index contributed by atoms with van der Waals surface area (Å²) in [7, 11) is 1.72. The van der Waals surface area contributed by atoms with E-state index in [0.29, 0.717) is 0 Å². The number of nitrogens with zero attached hydrogens (tertiary/aromatic N) is 1. The summed E-state index contributed by atoms with van der Waals surface area (Å²) in [6.07, 6.45) is 2.05. The van der Waals surface area contributed by atoms with Gasteiger partial charge in [0.15, 0.2) is 0 Å². The molecule has 1 unspecified atom stereocenters. The highest BCUT2D eigenvalue weighted by molar-refractivity contribution is 5.81. The SMILES string of the molecule is CNC(=O)C1CCCN1Cc1ccc(-c2cc(C)cc(C)c2)cc1. The summed E-state index contributed by atoms with van der Waals surface area (Å²) in [6.45, 7) is 6.11. The van der Waals surface area contributed by atoms with Crippen LogP contribution < -0.4 is 5.32 Å². The first-order chi connectivity index (χ1) is 11.6. The van der Waals surface area contributed by atoms with Gasteiger partial charge in [0.25, 0.3) is 0 Å². The van der Waals surface area contributed by atoms with Gasteiger partial charge in [-0.15, -0.1) is 0 Å². The van der Waals surface area contributed by atoms with E-state index in [9.17, 15) is 4.79 Å². The van der Waals surface area contributed by atoms with E-state index >= 15 is 0 Å². The third-order valence-electron chi connectivity index (χ3n) is 4.81. The zero-order chi connectivity index (χ0) is 17.1. The first-order valence-corrected chi connectivity index (χ1v) is 8.70. The molecule has 0 spiro atoms. The predicted octanol–water partition coefficient (Wildman–Crippen LogP) is 3.68. The molecule has 3 nitrogen and oxygen atoms in total. The number of benzene rings is 2. The molecule has 3 heteroatoms. The van der Waals surface area contributed by atoms with Crippen molar-refractivity contribution in [2.75, 3.05) is 13.6 Å². The number of carbonyl (C=O) groups excluding carboxylic acids is 1. The molecule has 0 saturated carbocycles. The fourth-order valence-corrected chi connectivity index (χ4v) is 3.66. The number of aryl methyl sites for hydroxylation is 2. The van der Waals surface area contributed by atoms with E-state index in [4.69, 9.17) is 0 Å². The van der Waals surface area contributed by atoms with Gasteiger partial charge in [0, 0.05) is 13.6 Å². The summed E-state index contributed by atoms with van der Waals surface area (Å²) < 4.78 is 0. The van der Waals surface area contributed by atoms with Crippen LogP contribution in [0.15, 0.2) is 42.5 Å². The maximum Gasteiger partial charge on any atom is 0.237 e. The highest BCUT2D eigenvalue weighted by Gasteiger charge is 2.29. The van der Waals surface area contributed by atoms with Crippen LogP contribution in [0.3, 0.4) is 0 Å². The predicted molar refractivity (Wildman–Crippen MR) is 98.9 cm³/mol. The Kier molecular flexibility index (Phi) is 5.00. The monoisotopic (exact) mass is 322 g/mol. The van der Waals surface area contributed by atoms with E-state index in [1.807, 2.05) is 0 Å². The number of carbonyl (C=O) groups is 1. The fraction of sp³-hybridized carbons (Fsp3) is 0.381. The van der Waals surface area contributed by atoms with Crippen molar-refractivity contribution in [1.82, 2.24) is 10.2 Å². The second-order valence-electron chi connectivity index (χ2n) is 6.82. The van der Waals surface area contributed by atoms with E-state index < -0.39 is 0 Å². The van der Waals surface area contributed by atoms with E-state index in [1.165, 1.54) is 27.8 Å². The number of likely N-dealkylation sites (tertiary alicyclic amines) is 1. The lowest BCUT2D eigenvalue weighted by Gasteiger charge is -2.23. The molecule has 3 rings (SSSR count). The molecule has 0 bridgehead atoms. The highest BCUT2D eigenvalue weighted by atomic mass is 16.2. The molecule has 1 heterocycles. The van der Waals surface area contributed by atoms with Crippen molar-refractivity contribution < 1.29 is 4.79 Å². The number of rotatable bonds is 4. The Labute approximate surface area is 144 Å². The molecule has 0 aliphatic carbocycles. The highest BCUT2D eigenvalue weighted by Crippen LogP contribution is 2.24. The molecule has 2 aromatic carbocycles. The summed E-state index contributed by atoms with van der Waals surface area (Å²) in [5.74, 6) is 0.138. The van der Waals surface area contributed by atoms with Crippen LogP contribution in [-0.4, -0.2) is 30.4 Å². The summed E-state index contributed by atoms with van der Waals surface area (Å²) >= 11 is 0. The molecular formula is C21H26N2O. The first kappa shape index (κ1) is 16.7. The quantitative estimate of drug-likeness (QED) is 0.931. The summed E-state index contributed by atoms with van der Waals surface area (Å²) in [5.41, 5.74) is 6.36. The molecule has 126 valence electrons. The minimum absolute atomic E-state index is 0.0223. The van der Waals surface area contributed by atoms with Crippen LogP contribution in [0, 0.1) is 13.8 Å². The zero-order valence-electron chi connectivity index (χ0n) is 14.8. The van der Waals surface area contributed by atoms with E-state index in [2.05, 4.69) is 66.5 Å². The minimum Gasteiger partial charge on any atom is -0.358 e. The van der Waals surface area contributed by atoms with Crippen LogP contribution in [0.1, 0.15) is 29.5 Å². The summed E-state index contributed by atoms with van der Waals surface area (Å²) in [4.78, 5) is 14.2. The first-order valence-electron chi connectivity index (χ1n) is 8.70. The van der Waals surface area contributed by atoms with Crippen molar-refractivity contribution in [3.63, 3.8) is 0 Å². The van der Waals surface area contributed by atoms with Gasteiger partial charge in [-0.25, -0.2) is 0 Å². The number of hydrogen-bond acceptors (Lipinski definition) is 2. The Morgan fingerprint density at radius 3 is 2.38 bits per heavy atom. The topological polar surface area (TPSA) is 32.3 Å². The van der Waals surface area contributed by atoms with E-state index in [0.717, 1.165) is 25.9 Å². The zero-order valence-corrected chi connectivity index (χ0v) is 14.8. The van der Waals surface area contributed by atoms with Crippen LogP contribution in [-0.2, 0) is 11.3 Å². The van der Waals surface area contributed by atoms with Gasteiger partial charge in [-0.2, -0.15) is 0 Å². The Morgan fingerprint density at radius 1 is 1.08 bits per heavy atom. The Bertz CT molecular complexity index is 701. The van der Waals surface area contributed by atoms with Crippen molar-refractivity contribution in [2.45, 2.75) is 39.3 Å². The molecule has 1 fully saturated rings. The standard InChI is InChI=1S/C21H26N2O/c1-15-11-16(2)13-19(12-15)18-8-6-17(7-9-18)14-23-10-4-5-20(23)21(24)22-3/h6-9,11-13,20H,4-5,10,14H2,1-3H3,(H,22,24). The summed E-state index contributed by atoms with van der Waals surface area (Å²) in [6, 6.07) is 15.4. The van der Waals surface area contributed by atoms with Gasteiger partial charge >= 0.3 is 0 Å². The van der Waals surface area contributed by atoms with Gasteiger partial charge in [0.1, 0.15) is 0 Å². The van der Waals surface area contributed by atoms with Gasteiger partial charge in [-0.3, -0.25) is 9.69 Å². The average Bonchev–Trinajstić information content (AvgIpc) is 3.02. The molecule has 1 N–H and O–H groups in total. The lowest BCUT2D eigenvalue weighted by atomic mass is 9.99. The minimum atomic E-state index is 0.0223. The Morgan fingerprint density at radius 2 is 1.75 bits per heavy atom. The van der Waals surface area contributed by atoms with E-state index in [1.54, 1.807) is 7.05 Å². The molecule has 1 saturated heterocycles. The molecule has 1 aliphatic heterocycles. The fourth-order valence-electron chi connectivity index (χ4n) is 3.66. The molecule has 1 atom stereocenters.